The smallest absolute Gasteiger partial charge is 0.242 e. The first-order valence-corrected chi connectivity index (χ1v) is 11.6. The van der Waals surface area contributed by atoms with Crippen molar-refractivity contribution in [3.8, 4) is 0 Å². The molecule has 1 heterocycles. The molecule has 1 aromatic carbocycles. The van der Waals surface area contributed by atoms with E-state index in [-0.39, 0.29) is 55.0 Å². The Morgan fingerprint density at radius 1 is 1.12 bits per heavy atom. The maximum absolute atomic E-state index is 13.3. The minimum Gasteiger partial charge on any atom is -0.350 e. The standard InChI is InChI=1S/C26H35N3O4/c1-17-9-8-10-19(15-17)16-29(18(2)23(31)27-26(3,4)5)22(30)13-14-28-24(32)20-11-6-7-12-21(20)25(28)33/h6-10,15,18,20-21H,11-14,16H2,1-5H3,(H,27,31)/t18-,20-,21+/m0/s1. The van der Waals surface area contributed by atoms with Crippen LogP contribution in [0.4, 0.5) is 0 Å². The van der Waals surface area contributed by atoms with Gasteiger partial charge in [-0.15, -0.1) is 0 Å². The van der Waals surface area contributed by atoms with E-state index in [1.54, 1.807) is 6.92 Å². The number of rotatable bonds is 7. The molecule has 0 unspecified atom stereocenters. The zero-order valence-electron chi connectivity index (χ0n) is 20.3. The van der Waals surface area contributed by atoms with E-state index in [9.17, 15) is 19.2 Å². The second kappa shape index (κ2) is 9.89. The van der Waals surface area contributed by atoms with Crippen molar-refractivity contribution in [3.05, 3.63) is 47.5 Å². The molecule has 7 heteroatoms. The number of allylic oxidation sites excluding steroid dienone is 2. The van der Waals surface area contributed by atoms with Crippen LogP contribution in [0.15, 0.2) is 36.4 Å². The lowest BCUT2D eigenvalue weighted by Gasteiger charge is -2.32. The summed E-state index contributed by atoms with van der Waals surface area (Å²) >= 11 is 0. The van der Waals surface area contributed by atoms with Crippen molar-refractivity contribution in [2.24, 2.45) is 11.8 Å². The molecule has 1 fully saturated rings. The Hall–Kier alpha value is -2.96. The summed E-state index contributed by atoms with van der Waals surface area (Å²) < 4.78 is 0. The summed E-state index contributed by atoms with van der Waals surface area (Å²) in [5.74, 6) is -1.50. The maximum atomic E-state index is 13.3. The first-order valence-electron chi connectivity index (χ1n) is 11.6. The molecule has 2 aliphatic rings. The summed E-state index contributed by atoms with van der Waals surface area (Å²) in [6, 6.07) is 7.11. The van der Waals surface area contributed by atoms with Gasteiger partial charge in [0.1, 0.15) is 6.04 Å². The van der Waals surface area contributed by atoms with Gasteiger partial charge in [-0.2, -0.15) is 0 Å². The van der Waals surface area contributed by atoms with E-state index in [4.69, 9.17) is 0 Å². The molecule has 1 aliphatic heterocycles. The monoisotopic (exact) mass is 453 g/mol. The molecule has 0 saturated carbocycles. The number of amides is 4. The average Bonchev–Trinajstić information content (AvgIpc) is 2.99. The third-order valence-electron chi connectivity index (χ3n) is 6.25. The second-order valence-corrected chi connectivity index (χ2v) is 10.2. The van der Waals surface area contributed by atoms with Crippen molar-refractivity contribution in [1.29, 1.82) is 0 Å². The van der Waals surface area contributed by atoms with Gasteiger partial charge >= 0.3 is 0 Å². The molecule has 3 atom stereocenters. The van der Waals surface area contributed by atoms with Crippen LogP contribution in [0.2, 0.25) is 0 Å². The molecular formula is C26H35N3O4. The summed E-state index contributed by atoms with van der Waals surface area (Å²) in [6.07, 6.45) is 5.02. The highest BCUT2D eigenvalue weighted by Gasteiger charge is 2.47. The Kier molecular flexibility index (Phi) is 7.40. The molecule has 33 heavy (non-hydrogen) atoms. The maximum Gasteiger partial charge on any atom is 0.242 e. The highest BCUT2D eigenvalue weighted by atomic mass is 16.2. The summed E-state index contributed by atoms with van der Waals surface area (Å²) in [7, 11) is 0. The van der Waals surface area contributed by atoms with Gasteiger partial charge < -0.3 is 10.2 Å². The van der Waals surface area contributed by atoms with Crippen molar-refractivity contribution in [3.63, 3.8) is 0 Å². The van der Waals surface area contributed by atoms with Gasteiger partial charge in [0.05, 0.1) is 11.8 Å². The fourth-order valence-electron chi connectivity index (χ4n) is 4.50. The third-order valence-corrected chi connectivity index (χ3v) is 6.25. The number of aryl methyl sites for hydroxylation is 1. The van der Waals surface area contributed by atoms with Crippen molar-refractivity contribution >= 4 is 23.6 Å². The summed E-state index contributed by atoms with van der Waals surface area (Å²) in [5, 5.41) is 2.94. The van der Waals surface area contributed by atoms with Crippen LogP contribution < -0.4 is 5.32 Å². The van der Waals surface area contributed by atoms with E-state index in [0.717, 1.165) is 11.1 Å². The molecule has 0 bridgehead atoms. The fourth-order valence-corrected chi connectivity index (χ4v) is 4.50. The van der Waals surface area contributed by atoms with Gasteiger partial charge in [0.25, 0.3) is 0 Å². The van der Waals surface area contributed by atoms with Gasteiger partial charge in [-0.1, -0.05) is 42.0 Å². The number of nitrogens with zero attached hydrogens (tertiary/aromatic N) is 2. The average molecular weight is 454 g/mol. The lowest BCUT2D eigenvalue weighted by atomic mass is 9.85. The van der Waals surface area contributed by atoms with E-state index >= 15 is 0 Å². The largest absolute Gasteiger partial charge is 0.350 e. The molecule has 7 nitrogen and oxygen atoms in total. The van der Waals surface area contributed by atoms with Crippen LogP contribution >= 0.6 is 0 Å². The predicted molar refractivity (Wildman–Crippen MR) is 126 cm³/mol. The molecule has 1 aromatic rings. The lowest BCUT2D eigenvalue weighted by Crippen LogP contribution is -2.52. The summed E-state index contributed by atoms with van der Waals surface area (Å²) in [6.45, 7) is 9.68. The van der Waals surface area contributed by atoms with Gasteiger partial charge in [0, 0.05) is 25.0 Å². The fraction of sp³-hybridized carbons (Fsp3) is 0.538. The highest BCUT2D eigenvalue weighted by molar-refractivity contribution is 6.05. The van der Waals surface area contributed by atoms with E-state index < -0.39 is 11.6 Å². The molecule has 0 radical (unpaired) electrons. The number of nitrogens with one attached hydrogen (secondary N) is 1. The topological polar surface area (TPSA) is 86.8 Å². The first-order chi connectivity index (χ1) is 15.5. The first kappa shape index (κ1) is 24.7. The summed E-state index contributed by atoms with van der Waals surface area (Å²) in [4.78, 5) is 54.4. The Balaban J connectivity index is 1.73. The molecule has 1 saturated heterocycles. The molecule has 178 valence electrons. The van der Waals surface area contributed by atoms with Crippen LogP contribution in [0.3, 0.4) is 0 Å². The number of benzene rings is 1. The van der Waals surface area contributed by atoms with Crippen LogP contribution in [-0.2, 0) is 25.7 Å². The summed E-state index contributed by atoms with van der Waals surface area (Å²) in [5.41, 5.74) is 1.56. The van der Waals surface area contributed by atoms with Crippen LogP contribution in [-0.4, -0.2) is 51.6 Å². The Bertz CT molecular complexity index is 937. The molecule has 4 amide bonds. The van der Waals surface area contributed by atoms with Crippen molar-refractivity contribution in [1.82, 2.24) is 15.1 Å². The number of carbonyl (C=O) groups excluding carboxylic acids is 4. The zero-order valence-corrected chi connectivity index (χ0v) is 20.3. The van der Waals surface area contributed by atoms with Crippen molar-refractivity contribution < 1.29 is 19.2 Å². The number of imide groups is 1. The van der Waals surface area contributed by atoms with Crippen molar-refractivity contribution in [2.75, 3.05) is 6.54 Å². The number of carbonyl (C=O) groups is 4. The number of hydrogen-bond acceptors (Lipinski definition) is 4. The van der Waals surface area contributed by atoms with Crippen LogP contribution in [0.1, 0.15) is 58.1 Å². The SMILES string of the molecule is Cc1cccc(CN(C(=O)CCN2C(=O)[C@H]3CC=CC[C@H]3C2=O)[C@@H](C)C(=O)NC(C)(C)C)c1. The van der Waals surface area contributed by atoms with Crippen LogP contribution in [0.5, 0.6) is 0 Å². The Morgan fingerprint density at radius 2 is 1.73 bits per heavy atom. The Labute approximate surface area is 196 Å². The zero-order chi connectivity index (χ0) is 24.3. The second-order valence-electron chi connectivity index (χ2n) is 10.2. The number of fused-ring (bicyclic) bond motifs is 1. The van der Waals surface area contributed by atoms with Gasteiger partial charge in [0.15, 0.2) is 0 Å². The molecular weight excluding hydrogens is 418 g/mol. The van der Waals surface area contributed by atoms with Gasteiger partial charge in [-0.25, -0.2) is 0 Å². The van der Waals surface area contributed by atoms with E-state index in [1.807, 2.05) is 64.1 Å². The molecule has 1 aliphatic carbocycles. The Morgan fingerprint density at radius 3 is 2.27 bits per heavy atom. The minimum absolute atomic E-state index is 0.0106. The normalized spacial score (nSPS) is 21.1. The quantitative estimate of drug-likeness (QED) is 0.508. The van der Waals surface area contributed by atoms with Gasteiger partial charge in [0.2, 0.25) is 23.6 Å². The molecule has 1 N–H and O–H groups in total. The molecule has 3 rings (SSSR count). The van der Waals surface area contributed by atoms with Gasteiger partial charge in [-0.05, 0) is 53.0 Å². The van der Waals surface area contributed by atoms with Gasteiger partial charge in [-0.3, -0.25) is 24.1 Å². The minimum atomic E-state index is -0.700. The number of hydrogen-bond donors (Lipinski definition) is 1. The van der Waals surface area contributed by atoms with E-state index in [2.05, 4.69) is 5.32 Å². The van der Waals surface area contributed by atoms with Crippen molar-refractivity contribution in [2.45, 2.75) is 72.0 Å². The molecule has 0 aromatic heterocycles. The van der Waals surface area contributed by atoms with Crippen LogP contribution in [0.25, 0.3) is 0 Å². The lowest BCUT2D eigenvalue weighted by molar-refractivity contribution is -0.144. The highest BCUT2D eigenvalue weighted by Crippen LogP contribution is 2.35. The van der Waals surface area contributed by atoms with E-state index in [0.29, 0.717) is 12.8 Å². The third kappa shape index (κ3) is 5.89. The molecule has 0 spiro atoms. The predicted octanol–water partition coefficient (Wildman–Crippen LogP) is 2.97. The van der Waals surface area contributed by atoms with E-state index in [1.165, 1.54) is 9.80 Å². The van der Waals surface area contributed by atoms with Crippen LogP contribution in [0, 0.1) is 18.8 Å². The number of likely N-dealkylation sites (tertiary alicyclic amines) is 1.